The predicted octanol–water partition coefficient (Wildman–Crippen LogP) is 1.83. The van der Waals surface area contributed by atoms with Crippen molar-refractivity contribution in [2.24, 2.45) is 5.92 Å². The lowest BCUT2D eigenvalue weighted by molar-refractivity contribution is -0.180. The second-order valence-electron chi connectivity index (χ2n) is 5.55. The smallest absolute Gasteiger partial charge is 0.220 e. The van der Waals surface area contributed by atoms with Crippen molar-refractivity contribution in [1.82, 2.24) is 5.32 Å². The van der Waals surface area contributed by atoms with Crippen LogP contribution in [-0.2, 0) is 14.3 Å². The fraction of sp³-hybridized carbons (Fsp3) is 0.923. The van der Waals surface area contributed by atoms with Gasteiger partial charge in [0.2, 0.25) is 5.91 Å². The van der Waals surface area contributed by atoms with Gasteiger partial charge < -0.3 is 14.8 Å². The summed E-state index contributed by atoms with van der Waals surface area (Å²) in [4.78, 5) is 11.7. The van der Waals surface area contributed by atoms with Crippen molar-refractivity contribution in [2.75, 3.05) is 13.2 Å². The molecule has 0 bridgehead atoms. The summed E-state index contributed by atoms with van der Waals surface area (Å²) in [5.74, 6) is 0.278. The standard InChI is InChI=1S/C13H23NO3/c1-10(2)9-12(15)14-11-3-5-13(6-4-11)16-7-8-17-13/h10-11H,3-9H2,1-2H3,(H,14,15). The third-order valence-electron chi connectivity index (χ3n) is 3.52. The van der Waals surface area contributed by atoms with E-state index in [4.69, 9.17) is 9.47 Å². The molecule has 0 radical (unpaired) electrons. The molecule has 0 aromatic heterocycles. The van der Waals surface area contributed by atoms with Crippen LogP contribution in [0.3, 0.4) is 0 Å². The SMILES string of the molecule is CC(C)CC(=O)NC1CCC2(CC1)OCCO2. The zero-order valence-electron chi connectivity index (χ0n) is 10.8. The molecule has 2 rings (SSSR count). The summed E-state index contributed by atoms with van der Waals surface area (Å²) < 4.78 is 11.3. The van der Waals surface area contributed by atoms with Crippen molar-refractivity contribution < 1.29 is 14.3 Å². The molecule has 1 aliphatic heterocycles. The van der Waals surface area contributed by atoms with Gasteiger partial charge in [-0.3, -0.25) is 4.79 Å². The van der Waals surface area contributed by atoms with Crippen LogP contribution in [0.2, 0.25) is 0 Å². The van der Waals surface area contributed by atoms with Gasteiger partial charge in [0.05, 0.1) is 13.2 Å². The first-order chi connectivity index (χ1) is 8.10. The number of ether oxygens (including phenoxy) is 2. The van der Waals surface area contributed by atoms with E-state index < -0.39 is 0 Å². The average Bonchev–Trinajstić information content (AvgIpc) is 2.69. The van der Waals surface area contributed by atoms with Crippen LogP contribution in [0, 0.1) is 5.92 Å². The van der Waals surface area contributed by atoms with Gasteiger partial charge in [-0.15, -0.1) is 0 Å². The third-order valence-corrected chi connectivity index (χ3v) is 3.52. The number of carbonyl (C=O) groups is 1. The maximum absolute atomic E-state index is 11.7. The molecule has 1 spiro atoms. The molecule has 1 heterocycles. The molecule has 0 aromatic carbocycles. The van der Waals surface area contributed by atoms with Crippen molar-refractivity contribution in [2.45, 2.75) is 57.8 Å². The van der Waals surface area contributed by atoms with E-state index in [1.807, 2.05) is 0 Å². The molecule has 0 unspecified atom stereocenters. The Morgan fingerprint density at radius 1 is 1.29 bits per heavy atom. The van der Waals surface area contributed by atoms with Gasteiger partial charge in [-0.05, 0) is 18.8 Å². The lowest BCUT2D eigenvalue weighted by Gasteiger charge is -2.35. The molecule has 4 nitrogen and oxygen atoms in total. The van der Waals surface area contributed by atoms with Crippen LogP contribution in [0.5, 0.6) is 0 Å². The van der Waals surface area contributed by atoms with Crippen molar-refractivity contribution in [3.05, 3.63) is 0 Å². The highest BCUT2D eigenvalue weighted by Crippen LogP contribution is 2.35. The summed E-state index contributed by atoms with van der Waals surface area (Å²) in [6.07, 6.45) is 4.35. The number of nitrogens with one attached hydrogen (secondary N) is 1. The molecule has 1 saturated heterocycles. The molecular formula is C13H23NO3. The first kappa shape index (κ1) is 12.8. The van der Waals surface area contributed by atoms with E-state index in [0.29, 0.717) is 31.6 Å². The summed E-state index contributed by atoms with van der Waals surface area (Å²) in [6.45, 7) is 5.56. The Hall–Kier alpha value is -0.610. The van der Waals surface area contributed by atoms with Crippen molar-refractivity contribution in [3.63, 3.8) is 0 Å². The number of amides is 1. The van der Waals surface area contributed by atoms with Gasteiger partial charge in [0.15, 0.2) is 5.79 Å². The minimum absolute atomic E-state index is 0.175. The molecule has 0 aromatic rings. The quantitative estimate of drug-likeness (QED) is 0.820. The highest BCUT2D eigenvalue weighted by Gasteiger charge is 2.40. The fourth-order valence-corrected chi connectivity index (χ4v) is 2.65. The molecular weight excluding hydrogens is 218 g/mol. The monoisotopic (exact) mass is 241 g/mol. The number of carbonyl (C=O) groups excluding carboxylic acids is 1. The molecule has 17 heavy (non-hydrogen) atoms. The van der Waals surface area contributed by atoms with Gasteiger partial charge in [0, 0.05) is 25.3 Å². The van der Waals surface area contributed by atoms with Crippen molar-refractivity contribution in [1.29, 1.82) is 0 Å². The summed E-state index contributed by atoms with van der Waals surface area (Å²) in [6, 6.07) is 0.305. The first-order valence-corrected chi connectivity index (χ1v) is 6.67. The van der Waals surface area contributed by atoms with Gasteiger partial charge in [-0.1, -0.05) is 13.8 Å². The van der Waals surface area contributed by atoms with Crippen LogP contribution >= 0.6 is 0 Å². The predicted molar refractivity (Wildman–Crippen MR) is 64.5 cm³/mol. The van der Waals surface area contributed by atoms with E-state index in [1.165, 1.54) is 0 Å². The molecule has 2 aliphatic rings. The Kier molecular flexibility index (Phi) is 4.05. The first-order valence-electron chi connectivity index (χ1n) is 6.67. The second kappa shape index (κ2) is 5.36. The molecule has 1 aliphatic carbocycles. The zero-order valence-corrected chi connectivity index (χ0v) is 10.8. The summed E-state index contributed by atoms with van der Waals surface area (Å²) >= 11 is 0. The third kappa shape index (κ3) is 3.42. The van der Waals surface area contributed by atoms with Crippen molar-refractivity contribution in [3.8, 4) is 0 Å². The van der Waals surface area contributed by atoms with Gasteiger partial charge in [-0.25, -0.2) is 0 Å². The molecule has 0 atom stereocenters. The Labute approximate surface area is 103 Å². The highest BCUT2D eigenvalue weighted by molar-refractivity contribution is 5.76. The summed E-state index contributed by atoms with van der Waals surface area (Å²) in [7, 11) is 0. The van der Waals surface area contributed by atoms with E-state index in [9.17, 15) is 4.79 Å². The second-order valence-corrected chi connectivity index (χ2v) is 5.55. The summed E-state index contributed by atoms with van der Waals surface area (Å²) in [5.41, 5.74) is 0. The topological polar surface area (TPSA) is 47.6 Å². The minimum atomic E-state index is -0.320. The van der Waals surface area contributed by atoms with E-state index in [2.05, 4.69) is 19.2 Å². The number of rotatable bonds is 3. The van der Waals surface area contributed by atoms with Crippen LogP contribution in [0.15, 0.2) is 0 Å². The van der Waals surface area contributed by atoms with Crippen LogP contribution in [0.4, 0.5) is 0 Å². The Bertz CT molecular complexity index is 262. The van der Waals surface area contributed by atoms with Crippen LogP contribution < -0.4 is 5.32 Å². The molecule has 1 saturated carbocycles. The maximum Gasteiger partial charge on any atom is 0.220 e. The summed E-state index contributed by atoms with van der Waals surface area (Å²) in [5, 5.41) is 3.11. The highest BCUT2D eigenvalue weighted by atomic mass is 16.7. The van der Waals surface area contributed by atoms with E-state index in [-0.39, 0.29) is 11.7 Å². The van der Waals surface area contributed by atoms with Crippen LogP contribution in [0.1, 0.15) is 46.0 Å². The lowest BCUT2D eigenvalue weighted by Crippen LogP contribution is -2.44. The number of hydrogen-bond acceptors (Lipinski definition) is 3. The van der Waals surface area contributed by atoms with E-state index in [0.717, 1.165) is 25.7 Å². The fourth-order valence-electron chi connectivity index (χ4n) is 2.65. The molecule has 1 N–H and O–H groups in total. The molecule has 1 amide bonds. The Balaban J connectivity index is 1.73. The largest absolute Gasteiger partial charge is 0.353 e. The normalized spacial score (nSPS) is 24.4. The van der Waals surface area contributed by atoms with Gasteiger partial charge in [0.25, 0.3) is 0 Å². The van der Waals surface area contributed by atoms with Gasteiger partial charge in [-0.2, -0.15) is 0 Å². The average molecular weight is 241 g/mol. The zero-order chi connectivity index (χ0) is 12.3. The Morgan fingerprint density at radius 3 is 2.41 bits per heavy atom. The lowest BCUT2D eigenvalue weighted by atomic mass is 9.90. The molecule has 98 valence electrons. The molecule has 4 heteroatoms. The van der Waals surface area contributed by atoms with Crippen LogP contribution in [0.25, 0.3) is 0 Å². The van der Waals surface area contributed by atoms with E-state index >= 15 is 0 Å². The van der Waals surface area contributed by atoms with Crippen LogP contribution in [-0.4, -0.2) is 30.9 Å². The van der Waals surface area contributed by atoms with Gasteiger partial charge in [0.1, 0.15) is 0 Å². The van der Waals surface area contributed by atoms with E-state index in [1.54, 1.807) is 0 Å². The Morgan fingerprint density at radius 2 is 1.88 bits per heavy atom. The minimum Gasteiger partial charge on any atom is -0.353 e. The van der Waals surface area contributed by atoms with Crippen molar-refractivity contribution >= 4 is 5.91 Å². The van der Waals surface area contributed by atoms with Gasteiger partial charge >= 0.3 is 0 Å². The molecule has 2 fully saturated rings. The number of hydrogen-bond donors (Lipinski definition) is 1. The maximum atomic E-state index is 11.7.